The summed E-state index contributed by atoms with van der Waals surface area (Å²) in [6, 6.07) is 7.65. The number of carbonyl (C=O) groups is 1. The van der Waals surface area contributed by atoms with Gasteiger partial charge in [-0.3, -0.25) is 9.89 Å². The molecule has 102 valence electrons. The van der Waals surface area contributed by atoms with Crippen LogP contribution in [-0.2, 0) is 6.42 Å². The van der Waals surface area contributed by atoms with Crippen LogP contribution < -0.4 is 5.32 Å². The van der Waals surface area contributed by atoms with Crippen molar-refractivity contribution in [2.24, 2.45) is 0 Å². The lowest BCUT2D eigenvalue weighted by Crippen LogP contribution is -2.25. The molecule has 0 radical (unpaired) electrons. The van der Waals surface area contributed by atoms with E-state index in [2.05, 4.69) is 25.5 Å². The van der Waals surface area contributed by atoms with Crippen LogP contribution in [0, 0.1) is 0 Å². The van der Waals surface area contributed by atoms with Gasteiger partial charge in [-0.2, -0.15) is 5.10 Å². The lowest BCUT2D eigenvalue weighted by Gasteiger charge is -2.05. The average Bonchev–Trinajstić information content (AvgIpc) is 3.13. The molecule has 1 aromatic carbocycles. The Kier molecular flexibility index (Phi) is 3.45. The minimum absolute atomic E-state index is 0.0596. The lowest BCUT2D eigenvalue weighted by molar-refractivity contribution is 0.0954. The molecule has 0 unspecified atom stereocenters. The van der Waals surface area contributed by atoms with Gasteiger partial charge in [0.1, 0.15) is 12.2 Å². The summed E-state index contributed by atoms with van der Waals surface area (Å²) < 4.78 is 0. The number of benzene rings is 1. The first-order valence-corrected chi connectivity index (χ1v) is 6.53. The quantitative estimate of drug-likeness (QED) is 0.615. The van der Waals surface area contributed by atoms with E-state index in [9.17, 15) is 4.79 Å². The SMILES string of the molecule is O=C(NCCCc1ncn[nH]1)c1cccc2cc[nH]c12. The summed E-state index contributed by atoms with van der Waals surface area (Å²) in [4.78, 5) is 19.3. The maximum absolute atomic E-state index is 12.2. The third-order valence-electron chi connectivity index (χ3n) is 3.17. The van der Waals surface area contributed by atoms with Crippen molar-refractivity contribution in [1.82, 2.24) is 25.5 Å². The molecule has 0 aliphatic heterocycles. The molecule has 2 aromatic heterocycles. The van der Waals surface area contributed by atoms with Crippen molar-refractivity contribution in [3.63, 3.8) is 0 Å². The van der Waals surface area contributed by atoms with E-state index >= 15 is 0 Å². The zero-order chi connectivity index (χ0) is 13.8. The first kappa shape index (κ1) is 12.4. The van der Waals surface area contributed by atoms with E-state index in [1.54, 1.807) is 0 Å². The van der Waals surface area contributed by atoms with Crippen molar-refractivity contribution in [3.8, 4) is 0 Å². The second-order valence-electron chi connectivity index (χ2n) is 4.54. The maximum atomic E-state index is 12.2. The molecule has 20 heavy (non-hydrogen) atoms. The summed E-state index contributed by atoms with van der Waals surface area (Å²) in [6.07, 6.45) is 4.92. The van der Waals surface area contributed by atoms with Crippen LogP contribution in [0.3, 0.4) is 0 Å². The molecule has 3 rings (SSSR count). The predicted molar refractivity (Wildman–Crippen MR) is 75.3 cm³/mol. The summed E-state index contributed by atoms with van der Waals surface area (Å²) >= 11 is 0. The van der Waals surface area contributed by atoms with Gasteiger partial charge in [-0.1, -0.05) is 12.1 Å². The molecule has 0 aliphatic carbocycles. The number of fused-ring (bicyclic) bond motifs is 1. The highest BCUT2D eigenvalue weighted by Crippen LogP contribution is 2.16. The van der Waals surface area contributed by atoms with Gasteiger partial charge in [-0.25, -0.2) is 4.98 Å². The van der Waals surface area contributed by atoms with Gasteiger partial charge >= 0.3 is 0 Å². The van der Waals surface area contributed by atoms with Crippen molar-refractivity contribution in [1.29, 1.82) is 0 Å². The van der Waals surface area contributed by atoms with E-state index in [4.69, 9.17) is 0 Å². The highest BCUT2D eigenvalue weighted by atomic mass is 16.1. The van der Waals surface area contributed by atoms with Crippen molar-refractivity contribution >= 4 is 16.8 Å². The minimum Gasteiger partial charge on any atom is -0.361 e. The van der Waals surface area contributed by atoms with Crippen molar-refractivity contribution in [2.45, 2.75) is 12.8 Å². The van der Waals surface area contributed by atoms with Gasteiger partial charge < -0.3 is 10.3 Å². The molecular formula is C14H15N5O. The summed E-state index contributed by atoms with van der Waals surface area (Å²) in [7, 11) is 0. The molecule has 6 heteroatoms. The minimum atomic E-state index is -0.0596. The smallest absolute Gasteiger partial charge is 0.253 e. The molecule has 3 aromatic rings. The Labute approximate surface area is 115 Å². The van der Waals surface area contributed by atoms with E-state index in [0.717, 1.165) is 29.6 Å². The number of hydrogen-bond donors (Lipinski definition) is 3. The van der Waals surface area contributed by atoms with Crippen LogP contribution in [0.15, 0.2) is 36.8 Å². The van der Waals surface area contributed by atoms with Crippen LogP contribution in [0.5, 0.6) is 0 Å². The van der Waals surface area contributed by atoms with Crippen LogP contribution in [0.4, 0.5) is 0 Å². The Bertz CT molecular complexity index is 701. The third kappa shape index (κ3) is 2.54. The number of carbonyl (C=O) groups excluding carboxylic acids is 1. The molecular weight excluding hydrogens is 254 g/mol. The topological polar surface area (TPSA) is 86.5 Å². The molecule has 1 amide bonds. The van der Waals surface area contributed by atoms with Gasteiger partial charge in [0.25, 0.3) is 5.91 Å². The Morgan fingerprint density at radius 2 is 2.25 bits per heavy atom. The Morgan fingerprint density at radius 3 is 3.10 bits per heavy atom. The highest BCUT2D eigenvalue weighted by Gasteiger charge is 2.09. The fraction of sp³-hybridized carbons (Fsp3) is 0.214. The van der Waals surface area contributed by atoms with Gasteiger partial charge in [0.2, 0.25) is 0 Å². The van der Waals surface area contributed by atoms with E-state index in [1.165, 1.54) is 6.33 Å². The molecule has 3 N–H and O–H groups in total. The number of aryl methyl sites for hydroxylation is 1. The second kappa shape index (κ2) is 5.56. The number of rotatable bonds is 5. The molecule has 0 saturated carbocycles. The molecule has 0 aliphatic rings. The molecule has 0 bridgehead atoms. The molecule has 6 nitrogen and oxygen atoms in total. The van der Waals surface area contributed by atoms with Crippen molar-refractivity contribution in [2.75, 3.05) is 6.54 Å². The largest absolute Gasteiger partial charge is 0.361 e. The van der Waals surface area contributed by atoms with E-state index in [1.807, 2.05) is 30.5 Å². The molecule has 0 saturated heterocycles. The average molecular weight is 269 g/mol. The fourth-order valence-electron chi connectivity index (χ4n) is 2.18. The number of H-pyrrole nitrogens is 2. The Balaban J connectivity index is 1.58. The standard InChI is InChI=1S/C14H15N5O/c20-14(16-7-2-5-12-17-9-18-19-12)11-4-1-3-10-6-8-15-13(10)11/h1,3-4,6,8-9,15H,2,5,7H2,(H,16,20)(H,17,18,19). The Hall–Kier alpha value is -2.63. The van der Waals surface area contributed by atoms with Gasteiger partial charge in [0.15, 0.2) is 0 Å². The van der Waals surface area contributed by atoms with Gasteiger partial charge in [0.05, 0.1) is 11.1 Å². The van der Waals surface area contributed by atoms with E-state index in [0.29, 0.717) is 12.1 Å². The molecule has 0 spiro atoms. The molecule has 0 fully saturated rings. The van der Waals surface area contributed by atoms with Crippen LogP contribution >= 0.6 is 0 Å². The summed E-state index contributed by atoms with van der Waals surface area (Å²) in [5.74, 6) is 0.779. The van der Waals surface area contributed by atoms with Crippen molar-refractivity contribution < 1.29 is 4.79 Å². The number of hydrogen-bond acceptors (Lipinski definition) is 3. The number of nitrogens with one attached hydrogen (secondary N) is 3. The number of amides is 1. The first-order valence-electron chi connectivity index (χ1n) is 6.53. The van der Waals surface area contributed by atoms with Crippen LogP contribution in [0.2, 0.25) is 0 Å². The fourth-order valence-corrected chi connectivity index (χ4v) is 2.18. The second-order valence-corrected chi connectivity index (χ2v) is 4.54. The first-order chi connectivity index (χ1) is 9.84. The molecule has 2 heterocycles. The number of aromatic nitrogens is 4. The lowest BCUT2D eigenvalue weighted by atomic mass is 10.1. The summed E-state index contributed by atoms with van der Waals surface area (Å²) in [5.41, 5.74) is 1.55. The van der Waals surface area contributed by atoms with Crippen LogP contribution in [0.1, 0.15) is 22.6 Å². The van der Waals surface area contributed by atoms with Crippen LogP contribution in [-0.4, -0.2) is 32.6 Å². The van der Waals surface area contributed by atoms with Gasteiger partial charge in [-0.15, -0.1) is 0 Å². The van der Waals surface area contributed by atoms with Crippen LogP contribution in [0.25, 0.3) is 10.9 Å². The zero-order valence-corrected chi connectivity index (χ0v) is 10.9. The maximum Gasteiger partial charge on any atom is 0.253 e. The van der Waals surface area contributed by atoms with Gasteiger partial charge in [-0.05, 0) is 18.6 Å². The normalized spacial score (nSPS) is 10.8. The van der Waals surface area contributed by atoms with Gasteiger partial charge in [0, 0.05) is 24.5 Å². The predicted octanol–water partition coefficient (Wildman–Crippen LogP) is 1.65. The molecule has 0 atom stereocenters. The third-order valence-corrected chi connectivity index (χ3v) is 3.17. The zero-order valence-electron chi connectivity index (χ0n) is 10.9. The Morgan fingerprint density at radius 1 is 1.30 bits per heavy atom. The van der Waals surface area contributed by atoms with E-state index < -0.39 is 0 Å². The highest BCUT2D eigenvalue weighted by molar-refractivity contribution is 6.05. The number of para-hydroxylation sites is 1. The monoisotopic (exact) mass is 269 g/mol. The summed E-state index contributed by atoms with van der Waals surface area (Å²) in [6.45, 7) is 0.608. The number of nitrogens with zero attached hydrogens (tertiary/aromatic N) is 2. The van der Waals surface area contributed by atoms with E-state index in [-0.39, 0.29) is 5.91 Å². The number of aromatic amines is 2. The van der Waals surface area contributed by atoms with Crippen molar-refractivity contribution in [3.05, 3.63) is 48.2 Å². The summed E-state index contributed by atoms with van der Waals surface area (Å²) in [5, 5.41) is 10.5.